The molecule has 2 N–H and O–H groups in total. The Bertz CT molecular complexity index is 424. The highest BCUT2D eigenvalue weighted by atomic mass is 35.5. The van der Waals surface area contributed by atoms with Crippen LogP contribution >= 0.6 is 12.4 Å². The van der Waals surface area contributed by atoms with E-state index in [0.717, 1.165) is 11.3 Å². The molecule has 20 heavy (non-hydrogen) atoms. The summed E-state index contributed by atoms with van der Waals surface area (Å²) in [5, 5.41) is 5.90. The number of rotatable bonds is 8. The van der Waals surface area contributed by atoms with Gasteiger partial charge in [-0.1, -0.05) is 37.8 Å². The van der Waals surface area contributed by atoms with Gasteiger partial charge in [-0.3, -0.25) is 4.79 Å². The van der Waals surface area contributed by atoms with Crippen LogP contribution in [0.25, 0.3) is 0 Å². The molecule has 0 bridgehead atoms. The van der Waals surface area contributed by atoms with Crippen LogP contribution in [0, 0.1) is 5.92 Å². The largest absolute Gasteiger partial charge is 0.489 e. The van der Waals surface area contributed by atoms with E-state index in [1.165, 1.54) is 0 Å². The second kappa shape index (κ2) is 10.3. The quantitative estimate of drug-likeness (QED) is 0.723. The molecule has 0 saturated heterocycles. The fraction of sp³-hybridized carbons (Fsp3) is 0.400. The number of benzene rings is 1. The Morgan fingerprint density at radius 2 is 2.15 bits per heavy atom. The van der Waals surface area contributed by atoms with Crippen LogP contribution in [-0.4, -0.2) is 26.1 Å². The van der Waals surface area contributed by atoms with Gasteiger partial charge >= 0.3 is 0 Å². The van der Waals surface area contributed by atoms with E-state index in [0.29, 0.717) is 19.7 Å². The summed E-state index contributed by atoms with van der Waals surface area (Å²) in [6, 6.07) is 7.68. The third-order valence-corrected chi connectivity index (χ3v) is 2.74. The van der Waals surface area contributed by atoms with Gasteiger partial charge in [0.1, 0.15) is 12.4 Å². The van der Waals surface area contributed by atoms with Crippen LogP contribution in [0.15, 0.2) is 36.9 Å². The summed E-state index contributed by atoms with van der Waals surface area (Å²) in [5.74, 6) is 0.767. The Morgan fingerprint density at radius 3 is 2.80 bits per heavy atom. The number of amides is 1. The van der Waals surface area contributed by atoms with Gasteiger partial charge in [-0.05, 0) is 13.1 Å². The van der Waals surface area contributed by atoms with Crippen molar-refractivity contribution < 1.29 is 9.53 Å². The van der Waals surface area contributed by atoms with Gasteiger partial charge in [0.15, 0.2) is 0 Å². The van der Waals surface area contributed by atoms with E-state index in [-0.39, 0.29) is 24.2 Å². The van der Waals surface area contributed by atoms with E-state index in [1.807, 2.05) is 38.2 Å². The van der Waals surface area contributed by atoms with E-state index < -0.39 is 0 Å². The Balaban J connectivity index is 0.00000361. The molecule has 0 fully saturated rings. The molecule has 5 heteroatoms. The van der Waals surface area contributed by atoms with Gasteiger partial charge in [-0.2, -0.15) is 0 Å². The maximum atomic E-state index is 11.8. The predicted octanol–water partition coefficient (Wildman–Crippen LogP) is 2.14. The highest BCUT2D eigenvalue weighted by Gasteiger charge is 2.12. The second-order valence-electron chi connectivity index (χ2n) is 4.38. The first-order valence-electron chi connectivity index (χ1n) is 6.43. The fourth-order valence-corrected chi connectivity index (χ4v) is 1.69. The highest BCUT2D eigenvalue weighted by Crippen LogP contribution is 2.17. The van der Waals surface area contributed by atoms with Crippen LogP contribution < -0.4 is 15.4 Å². The van der Waals surface area contributed by atoms with Crippen molar-refractivity contribution >= 4 is 18.3 Å². The van der Waals surface area contributed by atoms with Crippen molar-refractivity contribution in [2.75, 3.05) is 20.2 Å². The zero-order chi connectivity index (χ0) is 14.1. The summed E-state index contributed by atoms with van der Waals surface area (Å²) in [6.45, 7) is 7.12. The summed E-state index contributed by atoms with van der Waals surface area (Å²) in [5.41, 5.74) is 0.967. The number of halogens is 1. The predicted molar refractivity (Wildman–Crippen MR) is 84.3 cm³/mol. The van der Waals surface area contributed by atoms with Crippen molar-refractivity contribution in [3.63, 3.8) is 0 Å². The summed E-state index contributed by atoms with van der Waals surface area (Å²) in [6.07, 6.45) is 1.70. The minimum atomic E-state index is -0.0498. The second-order valence-corrected chi connectivity index (χ2v) is 4.38. The first kappa shape index (κ1) is 18.5. The maximum Gasteiger partial charge on any atom is 0.224 e. The highest BCUT2D eigenvalue weighted by molar-refractivity contribution is 5.85. The summed E-state index contributed by atoms with van der Waals surface area (Å²) >= 11 is 0. The number of hydrogen-bond donors (Lipinski definition) is 2. The molecule has 1 aromatic rings. The van der Waals surface area contributed by atoms with E-state index in [2.05, 4.69) is 17.2 Å². The van der Waals surface area contributed by atoms with Crippen LogP contribution in [0.3, 0.4) is 0 Å². The molecule has 0 aliphatic carbocycles. The Hall–Kier alpha value is -1.52. The van der Waals surface area contributed by atoms with Crippen LogP contribution in [0.5, 0.6) is 5.75 Å². The van der Waals surface area contributed by atoms with Crippen LogP contribution in [0.1, 0.15) is 12.5 Å². The molecule has 0 aliphatic rings. The van der Waals surface area contributed by atoms with Gasteiger partial charge in [0, 0.05) is 24.6 Å². The molecule has 112 valence electrons. The zero-order valence-corrected chi connectivity index (χ0v) is 12.8. The van der Waals surface area contributed by atoms with Gasteiger partial charge in [-0.25, -0.2) is 0 Å². The lowest BCUT2D eigenvalue weighted by atomic mass is 10.1. The van der Waals surface area contributed by atoms with Crippen molar-refractivity contribution in [1.82, 2.24) is 10.6 Å². The van der Waals surface area contributed by atoms with Crippen LogP contribution in [-0.2, 0) is 11.3 Å². The van der Waals surface area contributed by atoms with Gasteiger partial charge in [0.05, 0.1) is 0 Å². The molecule has 0 aliphatic heterocycles. The number of para-hydroxylation sites is 1. The molecule has 0 saturated carbocycles. The fourth-order valence-electron chi connectivity index (χ4n) is 1.69. The van der Waals surface area contributed by atoms with Crippen LogP contribution in [0.2, 0.25) is 0 Å². The molecule has 1 unspecified atom stereocenters. The molecule has 4 nitrogen and oxygen atoms in total. The first-order valence-corrected chi connectivity index (χ1v) is 6.43. The Kier molecular flexibility index (Phi) is 9.51. The van der Waals surface area contributed by atoms with E-state index in [9.17, 15) is 4.79 Å². The third kappa shape index (κ3) is 6.08. The first-order chi connectivity index (χ1) is 9.19. The molecule has 0 radical (unpaired) electrons. The smallest absolute Gasteiger partial charge is 0.224 e. The van der Waals surface area contributed by atoms with Crippen molar-refractivity contribution in [2.24, 2.45) is 5.92 Å². The monoisotopic (exact) mass is 298 g/mol. The van der Waals surface area contributed by atoms with Crippen molar-refractivity contribution in [1.29, 1.82) is 0 Å². The number of carbonyl (C=O) groups excluding carboxylic acids is 1. The Morgan fingerprint density at radius 1 is 1.45 bits per heavy atom. The van der Waals surface area contributed by atoms with Gasteiger partial charge in [-0.15, -0.1) is 12.4 Å². The number of ether oxygens (including phenoxy) is 1. The number of nitrogens with one attached hydrogen (secondary N) is 2. The lowest BCUT2D eigenvalue weighted by Gasteiger charge is -2.14. The minimum absolute atomic E-state index is 0. The average Bonchev–Trinajstić information content (AvgIpc) is 2.43. The lowest BCUT2D eigenvalue weighted by Crippen LogP contribution is -2.33. The number of carbonyl (C=O) groups is 1. The minimum Gasteiger partial charge on any atom is -0.489 e. The topological polar surface area (TPSA) is 50.4 Å². The van der Waals surface area contributed by atoms with Crippen molar-refractivity contribution in [2.45, 2.75) is 13.5 Å². The van der Waals surface area contributed by atoms with Gasteiger partial charge in [0.25, 0.3) is 0 Å². The molecule has 1 rings (SSSR count). The van der Waals surface area contributed by atoms with E-state index >= 15 is 0 Å². The lowest BCUT2D eigenvalue weighted by molar-refractivity contribution is -0.124. The molecule has 1 atom stereocenters. The van der Waals surface area contributed by atoms with Crippen LogP contribution in [0.4, 0.5) is 0 Å². The zero-order valence-electron chi connectivity index (χ0n) is 12.0. The molecule has 1 amide bonds. The summed E-state index contributed by atoms with van der Waals surface area (Å²) in [7, 11) is 1.84. The van der Waals surface area contributed by atoms with E-state index in [1.54, 1.807) is 6.08 Å². The average molecular weight is 299 g/mol. The van der Waals surface area contributed by atoms with Gasteiger partial charge in [0.2, 0.25) is 5.91 Å². The van der Waals surface area contributed by atoms with Crippen molar-refractivity contribution in [3.05, 3.63) is 42.5 Å². The molecule has 0 aromatic heterocycles. The van der Waals surface area contributed by atoms with E-state index in [4.69, 9.17) is 4.74 Å². The third-order valence-electron chi connectivity index (χ3n) is 2.74. The molecule has 1 aromatic carbocycles. The number of hydrogen-bond acceptors (Lipinski definition) is 3. The maximum absolute atomic E-state index is 11.8. The summed E-state index contributed by atoms with van der Waals surface area (Å²) < 4.78 is 5.54. The molecule has 0 spiro atoms. The standard InChI is InChI=1S/C15H22N2O2.ClH/c1-4-9-19-14-8-6-5-7-13(14)11-17-15(18)12(2)10-16-3;/h4-8,12,16H,1,9-11H2,2-3H3,(H,17,18);1H. The van der Waals surface area contributed by atoms with Gasteiger partial charge < -0.3 is 15.4 Å². The molecular weight excluding hydrogens is 276 g/mol. The molecular formula is C15H23ClN2O2. The Labute approximate surface area is 127 Å². The normalized spacial score (nSPS) is 11.1. The van der Waals surface area contributed by atoms with Crippen molar-refractivity contribution in [3.8, 4) is 5.75 Å². The summed E-state index contributed by atoms with van der Waals surface area (Å²) in [4.78, 5) is 11.8. The SMILES string of the molecule is C=CCOc1ccccc1CNC(=O)C(C)CNC.Cl. The molecule has 0 heterocycles.